The van der Waals surface area contributed by atoms with Crippen molar-refractivity contribution in [3.8, 4) is 11.1 Å². The molecule has 0 aliphatic rings. The highest BCUT2D eigenvalue weighted by Gasteiger charge is 2.14. The summed E-state index contributed by atoms with van der Waals surface area (Å²) in [5.41, 5.74) is 2.49. The summed E-state index contributed by atoms with van der Waals surface area (Å²) in [5.74, 6) is -0.359. The molecule has 0 fully saturated rings. The third kappa shape index (κ3) is 2.03. The molecular formula is C12H10ClNO3. The third-order valence-electron chi connectivity index (χ3n) is 2.52. The van der Waals surface area contributed by atoms with Gasteiger partial charge in [-0.1, -0.05) is 22.8 Å². The molecule has 0 amide bonds. The fraction of sp³-hybridized carbons (Fsp3) is 0.167. The molecular weight excluding hydrogens is 242 g/mol. The molecule has 1 aromatic heterocycles. The normalized spacial score (nSPS) is 10.5. The molecule has 0 spiro atoms. The minimum absolute atomic E-state index is 0.0853. The Kier molecular flexibility index (Phi) is 2.90. The van der Waals surface area contributed by atoms with Gasteiger partial charge in [-0.05, 0) is 31.5 Å². The number of carbonyl (C=O) groups is 1. The number of carboxylic acids is 1. The van der Waals surface area contributed by atoms with Crippen molar-refractivity contribution in [3.05, 3.63) is 40.2 Å². The van der Waals surface area contributed by atoms with Crippen LogP contribution >= 0.6 is 11.6 Å². The lowest BCUT2D eigenvalue weighted by Gasteiger charge is -2.03. The molecule has 0 saturated heterocycles. The highest BCUT2D eigenvalue weighted by Crippen LogP contribution is 2.30. The Hall–Kier alpha value is -1.81. The molecule has 1 heterocycles. The Bertz CT molecular complexity index is 570. The average Bonchev–Trinajstić information content (AvgIpc) is 2.58. The third-order valence-corrected chi connectivity index (χ3v) is 2.83. The Balaban J connectivity index is 2.56. The first-order valence-electron chi connectivity index (χ1n) is 4.97. The number of nitrogens with zero attached hydrogens (tertiary/aromatic N) is 1. The number of rotatable bonds is 2. The number of aromatic carboxylic acids is 1. The molecule has 0 saturated carbocycles. The zero-order chi connectivity index (χ0) is 12.6. The fourth-order valence-electron chi connectivity index (χ4n) is 1.74. The van der Waals surface area contributed by atoms with Crippen LogP contribution in [0.25, 0.3) is 11.1 Å². The van der Waals surface area contributed by atoms with Crippen LogP contribution < -0.4 is 0 Å². The lowest BCUT2D eigenvalue weighted by Crippen LogP contribution is -1.97. The zero-order valence-corrected chi connectivity index (χ0v) is 10.1. The van der Waals surface area contributed by atoms with E-state index in [2.05, 4.69) is 5.16 Å². The second-order valence-corrected chi connectivity index (χ2v) is 4.11. The maximum absolute atomic E-state index is 10.8. The van der Waals surface area contributed by atoms with Crippen molar-refractivity contribution in [2.75, 3.05) is 0 Å². The van der Waals surface area contributed by atoms with Crippen LogP contribution in [0.3, 0.4) is 0 Å². The Morgan fingerprint density at radius 1 is 1.41 bits per heavy atom. The van der Waals surface area contributed by atoms with Crippen molar-refractivity contribution in [2.24, 2.45) is 0 Å². The molecule has 4 nitrogen and oxygen atoms in total. The Labute approximate surface area is 103 Å². The SMILES string of the molecule is Cc1noc(C)c1-c1ccc(C(=O)O)c(Cl)c1. The maximum atomic E-state index is 10.8. The Morgan fingerprint density at radius 2 is 2.12 bits per heavy atom. The largest absolute Gasteiger partial charge is 0.478 e. The van der Waals surface area contributed by atoms with Gasteiger partial charge in [-0.15, -0.1) is 0 Å². The average molecular weight is 252 g/mol. The predicted molar refractivity (Wildman–Crippen MR) is 63.4 cm³/mol. The van der Waals surface area contributed by atoms with Crippen LogP contribution in [0.2, 0.25) is 5.02 Å². The molecule has 88 valence electrons. The molecule has 1 aromatic carbocycles. The van der Waals surface area contributed by atoms with E-state index in [1.165, 1.54) is 6.07 Å². The summed E-state index contributed by atoms with van der Waals surface area (Å²) in [6.07, 6.45) is 0. The number of benzene rings is 1. The quantitative estimate of drug-likeness (QED) is 0.889. The first-order chi connectivity index (χ1) is 8.00. The molecule has 0 unspecified atom stereocenters. The molecule has 2 aromatic rings. The summed E-state index contributed by atoms with van der Waals surface area (Å²) in [6, 6.07) is 4.78. The second kappa shape index (κ2) is 4.22. The van der Waals surface area contributed by atoms with Crippen LogP contribution in [0.1, 0.15) is 21.8 Å². The van der Waals surface area contributed by atoms with Gasteiger partial charge in [0.15, 0.2) is 0 Å². The molecule has 0 bridgehead atoms. The van der Waals surface area contributed by atoms with E-state index in [1.807, 2.05) is 6.92 Å². The number of aromatic nitrogens is 1. The van der Waals surface area contributed by atoms with Crippen molar-refractivity contribution < 1.29 is 14.4 Å². The number of hydrogen-bond donors (Lipinski definition) is 1. The highest BCUT2D eigenvalue weighted by molar-refractivity contribution is 6.33. The van der Waals surface area contributed by atoms with E-state index in [-0.39, 0.29) is 10.6 Å². The summed E-state index contributed by atoms with van der Waals surface area (Å²) in [5, 5.41) is 12.9. The first kappa shape index (κ1) is 11.7. The summed E-state index contributed by atoms with van der Waals surface area (Å²) >= 11 is 5.91. The van der Waals surface area contributed by atoms with Gasteiger partial charge in [-0.2, -0.15) is 0 Å². The van der Waals surface area contributed by atoms with E-state index < -0.39 is 5.97 Å². The summed E-state index contributed by atoms with van der Waals surface area (Å²) < 4.78 is 5.06. The van der Waals surface area contributed by atoms with Gasteiger partial charge in [0.25, 0.3) is 0 Å². The van der Waals surface area contributed by atoms with E-state index in [1.54, 1.807) is 19.1 Å². The van der Waals surface area contributed by atoms with E-state index >= 15 is 0 Å². The monoisotopic (exact) mass is 251 g/mol. The van der Waals surface area contributed by atoms with Crippen molar-refractivity contribution >= 4 is 17.6 Å². The summed E-state index contributed by atoms with van der Waals surface area (Å²) in [7, 11) is 0. The van der Waals surface area contributed by atoms with Crippen LogP contribution in [-0.2, 0) is 0 Å². The molecule has 0 radical (unpaired) electrons. The van der Waals surface area contributed by atoms with Gasteiger partial charge < -0.3 is 9.63 Å². The van der Waals surface area contributed by atoms with Gasteiger partial charge in [-0.3, -0.25) is 0 Å². The van der Waals surface area contributed by atoms with Crippen molar-refractivity contribution in [1.82, 2.24) is 5.16 Å². The van der Waals surface area contributed by atoms with Crippen LogP contribution in [-0.4, -0.2) is 16.2 Å². The van der Waals surface area contributed by atoms with Gasteiger partial charge in [0, 0.05) is 5.56 Å². The number of aryl methyl sites for hydroxylation is 2. The van der Waals surface area contributed by atoms with Crippen LogP contribution in [0, 0.1) is 13.8 Å². The van der Waals surface area contributed by atoms with E-state index in [4.69, 9.17) is 21.2 Å². The minimum Gasteiger partial charge on any atom is -0.478 e. The predicted octanol–water partition coefficient (Wildman–Crippen LogP) is 3.31. The van der Waals surface area contributed by atoms with Crippen molar-refractivity contribution in [3.63, 3.8) is 0 Å². The van der Waals surface area contributed by atoms with Gasteiger partial charge in [0.05, 0.1) is 16.3 Å². The maximum Gasteiger partial charge on any atom is 0.337 e. The van der Waals surface area contributed by atoms with Crippen molar-refractivity contribution in [2.45, 2.75) is 13.8 Å². The number of carboxylic acid groups (broad SMARTS) is 1. The fourth-order valence-corrected chi connectivity index (χ4v) is 2.00. The lowest BCUT2D eigenvalue weighted by atomic mass is 10.0. The highest BCUT2D eigenvalue weighted by atomic mass is 35.5. The van der Waals surface area contributed by atoms with Gasteiger partial charge in [-0.25, -0.2) is 4.79 Å². The van der Waals surface area contributed by atoms with Crippen molar-refractivity contribution in [1.29, 1.82) is 0 Å². The van der Waals surface area contributed by atoms with Crippen LogP contribution in [0.4, 0.5) is 0 Å². The molecule has 2 rings (SSSR count). The smallest absolute Gasteiger partial charge is 0.337 e. The van der Waals surface area contributed by atoms with E-state index in [9.17, 15) is 4.79 Å². The minimum atomic E-state index is -1.04. The summed E-state index contributed by atoms with van der Waals surface area (Å²) in [4.78, 5) is 10.8. The second-order valence-electron chi connectivity index (χ2n) is 3.70. The van der Waals surface area contributed by atoms with Crippen LogP contribution in [0.5, 0.6) is 0 Å². The molecule has 17 heavy (non-hydrogen) atoms. The molecule has 5 heteroatoms. The standard InChI is InChI=1S/C12H10ClNO3/c1-6-11(7(2)17-14-6)8-3-4-9(12(15)16)10(13)5-8/h3-5H,1-2H3,(H,15,16). The van der Waals surface area contributed by atoms with Gasteiger partial charge in [0.2, 0.25) is 0 Å². The number of halogens is 1. The Morgan fingerprint density at radius 3 is 2.59 bits per heavy atom. The topological polar surface area (TPSA) is 63.3 Å². The molecule has 0 aliphatic carbocycles. The zero-order valence-electron chi connectivity index (χ0n) is 9.32. The van der Waals surface area contributed by atoms with Crippen LogP contribution in [0.15, 0.2) is 22.7 Å². The lowest BCUT2D eigenvalue weighted by molar-refractivity contribution is 0.0697. The molecule has 0 atom stereocenters. The summed E-state index contributed by atoms with van der Waals surface area (Å²) in [6.45, 7) is 3.62. The first-order valence-corrected chi connectivity index (χ1v) is 5.34. The van der Waals surface area contributed by atoms with Gasteiger partial charge in [0.1, 0.15) is 5.76 Å². The molecule has 1 N–H and O–H groups in total. The van der Waals surface area contributed by atoms with E-state index in [0.29, 0.717) is 5.76 Å². The van der Waals surface area contributed by atoms with Gasteiger partial charge >= 0.3 is 5.97 Å². The number of hydrogen-bond acceptors (Lipinski definition) is 3. The van der Waals surface area contributed by atoms with E-state index in [0.717, 1.165) is 16.8 Å². The molecule has 0 aliphatic heterocycles.